The van der Waals surface area contributed by atoms with Crippen LogP contribution in [0.2, 0.25) is 5.02 Å². The fourth-order valence-electron chi connectivity index (χ4n) is 4.82. The van der Waals surface area contributed by atoms with Crippen LogP contribution in [-0.2, 0) is 12.0 Å². The average molecular weight is 410 g/mol. The van der Waals surface area contributed by atoms with Crippen LogP contribution >= 0.6 is 11.6 Å². The van der Waals surface area contributed by atoms with Gasteiger partial charge in [-0.3, -0.25) is 0 Å². The van der Waals surface area contributed by atoms with Crippen molar-refractivity contribution in [2.45, 2.75) is 44.1 Å². The number of hydrogen-bond donors (Lipinski definition) is 0. The Labute approximate surface area is 166 Å². The predicted molar refractivity (Wildman–Crippen MR) is 103 cm³/mol. The molecule has 28 heavy (non-hydrogen) atoms. The minimum absolute atomic E-state index is 0.259. The molecule has 2 aromatic carbocycles. The van der Waals surface area contributed by atoms with Gasteiger partial charge in [0.1, 0.15) is 11.6 Å². The largest absolute Gasteiger partial charge is 0.338 e. The first-order chi connectivity index (χ1) is 13.3. The molecule has 0 radical (unpaired) electrons. The Morgan fingerprint density at radius 2 is 1.79 bits per heavy atom. The lowest BCUT2D eigenvalue weighted by molar-refractivity contribution is -0.131. The number of anilines is 1. The molecule has 1 unspecified atom stereocenters. The molecule has 0 N–H and O–H groups in total. The van der Waals surface area contributed by atoms with Crippen molar-refractivity contribution in [1.29, 1.82) is 0 Å². The third-order valence-corrected chi connectivity index (χ3v) is 6.31. The Hall–Kier alpha value is -2.01. The van der Waals surface area contributed by atoms with Gasteiger partial charge in [-0.05, 0) is 55.0 Å². The number of rotatable bonds is 4. The standard InChI is InChI=1S/C22H20ClF4N/c1-2-8-28(17-10-15(24)9-16(25)11-17)22(14-12-21(26,27)13-14)7-6-18-19(22)4-3-5-20(18)23/h2-5,8-11,14H,6-7,12-13H2,1H3/b8-2+. The Kier molecular flexibility index (Phi) is 4.69. The van der Waals surface area contributed by atoms with Crippen molar-refractivity contribution in [3.63, 3.8) is 0 Å². The van der Waals surface area contributed by atoms with Gasteiger partial charge in [-0.1, -0.05) is 29.8 Å². The topological polar surface area (TPSA) is 3.24 Å². The van der Waals surface area contributed by atoms with Gasteiger partial charge < -0.3 is 4.90 Å². The molecule has 0 heterocycles. The van der Waals surface area contributed by atoms with E-state index in [1.165, 1.54) is 12.1 Å². The number of fused-ring (bicyclic) bond motifs is 1. The summed E-state index contributed by atoms with van der Waals surface area (Å²) >= 11 is 6.39. The van der Waals surface area contributed by atoms with E-state index >= 15 is 0 Å². The van der Waals surface area contributed by atoms with E-state index < -0.39 is 23.1 Å². The van der Waals surface area contributed by atoms with Crippen LogP contribution in [0.15, 0.2) is 48.7 Å². The number of nitrogens with zero attached hydrogens (tertiary/aromatic N) is 1. The molecule has 0 aromatic heterocycles. The van der Waals surface area contributed by atoms with Crippen LogP contribution in [0.4, 0.5) is 23.2 Å². The fraction of sp³-hybridized carbons (Fsp3) is 0.364. The van der Waals surface area contributed by atoms with Gasteiger partial charge in [0.05, 0.1) is 5.54 Å². The molecule has 0 saturated heterocycles. The smallest absolute Gasteiger partial charge is 0.248 e. The van der Waals surface area contributed by atoms with Crippen LogP contribution in [0.25, 0.3) is 0 Å². The summed E-state index contributed by atoms with van der Waals surface area (Å²) in [4.78, 5) is 1.77. The summed E-state index contributed by atoms with van der Waals surface area (Å²) in [5.74, 6) is -4.48. The maximum atomic E-state index is 14.0. The molecule has 0 aliphatic heterocycles. The van der Waals surface area contributed by atoms with Crippen LogP contribution in [0.3, 0.4) is 0 Å². The molecule has 0 spiro atoms. The van der Waals surface area contributed by atoms with E-state index in [1.54, 1.807) is 36.2 Å². The molecule has 1 atom stereocenters. The first-order valence-corrected chi connectivity index (χ1v) is 9.68. The highest BCUT2D eigenvalue weighted by molar-refractivity contribution is 6.31. The van der Waals surface area contributed by atoms with Crippen molar-refractivity contribution >= 4 is 17.3 Å². The second-order valence-corrected chi connectivity index (χ2v) is 8.04. The summed E-state index contributed by atoms with van der Waals surface area (Å²) in [6, 6.07) is 8.78. The third-order valence-electron chi connectivity index (χ3n) is 5.96. The fourth-order valence-corrected chi connectivity index (χ4v) is 5.08. The van der Waals surface area contributed by atoms with Crippen molar-refractivity contribution in [3.8, 4) is 0 Å². The van der Waals surface area contributed by atoms with Gasteiger partial charge in [-0.25, -0.2) is 17.6 Å². The Morgan fingerprint density at radius 1 is 1.11 bits per heavy atom. The molecule has 2 aliphatic carbocycles. The van der Waals surface area contributed by atoms with E-state index in [0.29, 0.717) is 23.6 Å². The third kappa shape index (κ3) is 3.00. The van der Waals surface area contributed by atoms with E-state index in [9.17, 15) is 17.6 Å². The molecule has 6 heteroatoms. The van der Waals surface area contributed by atoms with Gasteiger partial charge in [0.2, 0.25) is 5.92 Å². The minimum atomic E-state index is -2.71. The SMILES string of the molecule is C/C=C/N(c1cc(F)cc(F)c1)C1(C2CC(F)(F)C2)CCc2c(Cl)cccc21. The second-order valence-electron chi connectivity index (χ2n) is 7.63. The lowest BCUT2D eigenvalue weighted by atomic mass is 9.65. The molecule has 0 bridgehead atoms. The highest BCUT2D eigenvalue weighted by atomic mass is 35.5. The normalized spacial score (nSPS) is 23.6. The molecule has 2 aliphatic rings. The zero-order chi connectivity index (χ0) is 20.1. The molecule has 0 amide bonds. The number of hydrogen-bond acceptors (Lipinski definition) is 1. The van der Waals surface area contributed by atoms with Crippen LogP contribution in [0, 0.1) is 17.6 Å². The zero-order valence-electron chi connectivity index (χ0n) is 15.4. The molecular weight excluding hydrogens is 390 g/mol. The lowest BCUT2D eigenvalue weighted by Gasteiger charge is -2.53. The lowest BCUT2D eigenvalue weighted by Crippen LogP contribution is -2.55. The second kappa shape index (κ2) is 6.80. The van der Waals surface area contributed by atoms with E-state index in [1.807, 2.05) is 6.07 Å². The maximum absolute atomic E-state index is 14.0. The van der Waals surface area contributed by atoms with E-state index in [2.05, 4.69) is 0 Å². The summed E-state index contributed by atoms with van der Waals surface area (Å²) < 4.78 is 55.7. The van der Waals surface area contributed by atoms with Crippen molar-refractivity contribution in [2.75, 3.05) is 4.90 Å². The van der Waals surface area contributed by atoms with Gasteiger partial charge >= 0.3 is 0 Å². The molecule has 4 rings (SSSR count). The quantitative estimate of drug-likeness (QED) is 0.499. The maximum Gasteiger partial charge on any atom is 0.248 e. The molecule has 2 aromatic rings. The summed E-state index contributed by atoms with van der Waals surface area (Å²) in [6.45, 7) is 1.79. The van der Waals surface area contributed by atoms with Crippen LogP contribution in [0.5, 0.6) is 0 Å². The van der Waals surface area contributed by atoms with E-state index in [4.69, 9.17) is 11.6 Å². The van der Waals surface area contributed by atoms with Gasteiger partial charge in [0.25, 0.3) is 0 Å². The molecule has 1 nitrogen and oxygen atoms in total. The molecule has 148 valence electrons. The predicted octanol–water partition coefficient (Wildman–Crippen LogP) is 6.85. The monoisotopic (exact) mass is 409 g/mol. The van der Waals surface area contributed by atoms with Gasteiger partial charge in [-0.2, -0.15) is 0 Å². The number of alkyl halides is 2. The number of allylic oxidation sites excluding steroid dienone is 1. The first-order valence-electron chi connectivity index (χ1n) is 9.31. The van der Waals surface area contributed by atoms with Crippen LogP contribution < -0.4 is 4.90 Å². The van der Waals surface area contributed by atoms with E-state index in [-0.39, 0.29) is 18.8 Å². The van der Waals surface area contributed by atoms with Gasteiger partial charge in [0.15, 0.2) is 0 Å². The number of benzene rings is 2. The summed E-state index contributed by atoms with van der Waals surface area (Å²) in [5, 5.41) is 0.594. The highest BCUT2D eigenvalue weighted by Gasteiger charge is 2.59. The molecule has 1 saturated carbocycles. The Bertz CT molecular complexity index is 914. The van der Waals surface area contributed by atoms with Crippen molar-refractivity contribution in [2.24, 2.45) is 5.92 Å². The molecule has 1 fully saturated rings. The van der Waals surface area contributed by atoms with Gasteiger partial charge in [0, 0.05) is 35.8 Å². The summed E-state index contributed by atoms with van der Waals surface area (Å²) in [5.41, 5.74) is 1.27. The number of halogens is 5. The van der Waals surface area contributed by atoms with Crippen LogP contribution in [-0.4, -0.2) is 5.92 Å². The van der Waals surface area contributed by atoms with E-state index in [0.717, 1.165) is 17.2 Å². The summed E-state index contributed by atoms with van der Waals surface area (Å²) in [7, 11) is 0. The molecular formula is C22H20ClF4N. The Balaban J connectivity index is 1.92. The average Bonchev–Trinajstić information content (AvgIpc) is 2.98. The van der Waals surface area contributed by atoms with Gasteiger partial charge in [-0.15, -0.1) is 0 Å². The Morgan fingerprint density at radius 3 is 2.39 bits per heavy atom. The van der Waals surface area contributed by atoms with Crippen molar-refractivity contribution < 1.29 is 17.6 Å². The highest BCUT2D eigenvalue weighted by Crippen LogP contribution is 2.59. The van der Waals surface area contributed by atoms with Crippen LogP contribution in [0.1, 0.15) is 37.3 Å². The summed E-state index contributed by atoms with van der Waals surface area (Å²) in [6.07, 6.45) is 4.14. The minimum Gasteiger partial charge on any atom is -0.338 e. The van der Waals surface area contributed by atoms with Crippen molar-refractivity contribution in [1.82, 2.24) is 0 Å². The van der Waals surface area contributed by atoms with Crippen molar-refractivity contribution in [3.05, 3.63) is 76.5 Å². The zero-order valence-corrected chi connectivity index (χ0v) is 16.1. The first kappa shape index (κ1) is 19.3.